The van der Waals surface area contributed by atoms with Crippen LogP contribution in [0.2, 0.25) is 0 Å². The monoisotopic (exact) mass is 930 g/mol. The molecule has 3 aliphatic rings. The van der Waals surface area contributed by atoms with Crippen LogP contribution < -0.4 is 18.2 Å². The third-order valence-corrected chi connectivity index (χ3v) is 14.5. The van der Waals surface area contributed by atoms with E-state index in [2.05, 4.69) is 72.4 Å². The molecule has 344 valence electrons. The van der Waals surface area contributed by atoms with Crippen LogP contribution in [0, 0.1) is 5.92 Å². The molecule has 0 N–H and O–H groups in total. The van der Waals surface area contributed by atoms with Crippen molar-refractivity contribution >= 4 is 46.2 Å². The second-order valence-electron chi connectivity index (χ2n) is 16.8. The van der Waals surface area contributed by atoms with E-state index in [0.29, 0.717) is 70.2 Å². The lowest BCUT2D eigenvalue weighted by Gasteiger charge is -2.37. The smallest absolute Gasteiger partial charge is 0.422 e. The van der Waals surface area contributed by atoms with Gasteiger partial charge in [0.15, 0.2) is 0 Å². The number of para-hydroxylation sites is 3. The van der Waals surface area contributed by atoms with Crippen LogP contribution in [-0.4, -0.2) is 16.5 Å². The molecule has 0 saturated carbocycles. The minimum Gasteiger partial charge on any atom is -0.422 e. The highest BCUT2D eigenvalue weighted by Crippen LogP contribution is 2.58. The molecule has 2 atom stereocenters. The van der Waals surface area contributed by atoms with Crippen LogP contribution >= 0.6 is 17.1 Å². The zero-order valence-corrected chi connectivity index (χ0v) is 41.5. The van der Waals surface area contributed by atoms with E-state index in [9.17, 15) is 9.59 Å². The van der Waals surface area contributed by atoms with Crippen molar-refractivity contribution in [2.75, 3.05) is 4.67 Å². The molecule has 10 heteroatoms. The molecule has 67 heavy (non-hydrogen) atoms. The molecule has 0 aromatic heterocycles. The van der Waals surface area contributed by atoms with Crippen molar-refractivity contribution in [2.24, 2.45) is 5.92 Å². The van der Waals surface area contributed by atoms with E-state index in [4.69, 9.17) is 18.1 Å². The lowest BCUT2D eigenvalue weighted by atomic mass is 9.88. The largest absolute Gasteiger partial charge is 0.424 e. The van der Waals surface area contributed by atoms with E-state index in [0.717, 1.165) is 28.0 Å². The summed E-state index contributed by atoms with van der Waals surface area (Å²) in [6.07, 6.45) is 24.0. The summed E-state index contributed by atoms with van der Waals surface area (Å²) in [7, 11) is -4.30. The summed E-state index contributed by atoms with van der Waals surface area (Å²) in [5, 5.41) is 0. The van der Waals surface area contributed by atoms with Gasteiger partial charge in [0.05, 0.1) is 16.8 Å². The van der Waals surface area contributed by atoms with Gasteiger partial charge in [0, 0.05) is 23.3 Å². The van der Waals surface area contributed by atoms with Crippen LogP contribution in [0.1, 0.15) is 118 Å². The molecule has 1 aliphatic carbocycles. The van der Waals surface area contributed by atoms with Gasteiger partial charge < -0.3 is 18.1 Å². The van der Waals surface area contributed by atoms with E-state index in [1.807, 2.05) is 123 Å². The zero-order valence-electron chi connectivity index (χ0n) is 39.7. The highest BCUT2D eigenvalue weighted by molar-refractivity contribution is 7.51. The number of hydrogen-bond donors (Lipinski definition) is 0. The second kappa shape index (κ2) is 22.4. The molecule has 7 rings (SSSR count). The van der Waals surface area contributed by atoms with Crippen LogP contribution in [0.25, 0.3) is 11.6 Å². The van der Waals surface area contributed by atoms with Gasteiger partial charge in [-0.2, -0.15) is 0 Å². The number of allylic oxidation sites excluding steroid dienone is 14. The molecule has 2 amide bonds. The zero-order chi connectivity index (χ0) is 47.6. The molecule has 4 aromatic rings. The summed E-state index contributed by atoms with van der Waals surface area (Å²) in [6, 6.07) is 28.4. The second-order valence-corrected chi connectivity index (χ2v) is 19.3. The Labute approximate surface area is 399 Å². The van der Waals surface area contributed by atoms with Crippen molar-refractivity contribution in [2.45, 2.75) is 80.6 Å². The number of carbonyl (C=O) groups is 2. The Balaban J connectivity index is 1.48. The highest BCUT2D eigenvalue weighted by Gasteiger charge is 2.43. The standard InChI is InChI=1S/C57H60N2O6P2/c1-10-14-16-28-43-29-25-37-53(65-67-59(49-34-22-19-30-45(49)40(7)8)57(61)48-33-21-24-36-52(48)64-67)54(43)55(46-31-18-15-17-27-41(46)9)50(13-4)62-66-58(44(26-11-2)38-42(12-3)39(5)6)56(60)47-32-20-23-35-51(47)63-66/h10,12-26,28-37,39-40H,4,11,27,38H2,1-3,5-9H3/b14-10-,28-16-,42-12+,44-26+,55-50-. The third kappa shape index (κ3) is 10.6. The number of rotatable bonds is 16. The Bertz CT molecular complexity index is 2770. The van der Waals surface area contributed by atoms with Gasteiger partial charge in [-0.15, -0.1) is 0 Å². The molecule has 0 fully saturated rings. The summed E-state index contributed by atoms with van der Waals surface area (Å²) < 4.78 is 31.4. The molecule has 0 spiro atoms. The fourth-order valence-corrected chi connectivity index (χ4v) is 11.1. The van der Waals surface area contributed by atoms with Gasteiger partial charge in [0.2, 0.25) is 0 Å². The van der Waals surface area contributed by atoms with Crippen molar-refractivity contribution in [3.05, 3.63) is 214 Å². The maximum atomic E-state index is 14.9. The molecule has 0 bridgehead atoms. The maximum Gasteiger partial charge on any atom is 0.424 e. The van der Waals surface area contributed by atoms with Crippen LogP contribution in [-0.2, 0) is 4.52 Å². The van der Waals surface area contributed by atoms with Gasteiger partial charge in [-0.05, 0) is 105 Å². The van der Waals surface area contributed by atoms with E-state index >= 15 is 0 Å². The average molecular weight is 931 g/mol. The van der Waals surface area contributed by atoms with E-state index in [1.54, 1.807) is 33.6 Å². The Morgan fingerprint density at radius 3 is 2.19 bits per heavy atom. The van der Waals surface area contributed by atoms with Crippen molar-refractivity contribution < 1.29 is 27.7 Å². The van der Waals surface area contributed by atoms with Crippen molar-refractivity contribution in [3.63, 3.8) is 0 Å². The number of anilines is 1. The number of fused-ring (bicyclic) bond motifs is 2. The Morgan fingerprint density at radius 1 is 0.836 bits per heavy atom. The van der Waals surface area contributed by atoms with Gasteiger partial charge in [0.1, 0.15) is 23.0 Å². The van der Waals surface area contributed by atoms with Crippen LogP contribution in [0.15, 0.2) is 187 Å². The predicted molar refractivity (Wildman–Crippen MR) is 278 cm³/mol. The number of amides is 2. The SMILES string of the molecule is C=C/C(OP1Oc2ccccc2C(=O)N1/C(=C/CC)C/C(=C\C)C(C)C)=C(\C1=C(C)CC=CC=C1)c1c(/C=C\C=C/C)cccc1OP1Oc2ccccc2C(=O)N1c1ccccc1C(C)C. The van der Waals surface area contributed by atoms with E-state index in [1.165, 1.54) is 5.57 Å². The first-order chi connectivity index (χ1) is 32.5. The van der Waals surface area contributed by atoms with E-state index in [-0.39, 0.29) is 23.7 Å². The predicted octanol–water partition coefficient (Wildman–Crippen LogP) is 16.5. The Hall–Kier alpha value is -6.46. The van der Waals surface area contributed by atoms with Gasteiger partial charge in [0.25, 0.3) is 11.8 Å². The molecule has 4 aromatic carbocycles. The first kappa shape index (κ1) is 48.5. The van der Waals surface area contributed by atoms with Crippen molar-refractivity contribution in [3.8, 4) is 17.2 Å². The molecular weight excluding hydrogens is 871 g/mol. The van der Waals surface area contributed by atoms with Crippen LogP contribution in [0.3, 0.4) is 0 Å². The number of nitrogens with zero attached hydrogens (tertiary/aromatic N) is 2. The summed E-state index contributed by atoms with van der Waals surface area (Å²) >= 11 is 0. The summed E-state index contributed by atoms with van der Waals surface area (Å²) in [5.74, 6) is 1.67. The van der Waals surface area contributed by atoms with Crippen molar-refractivity contribution in [1.82, 2.24) is 4.67 Å². The highest BCUT2D eigenvalue weighted by atomic mass is 31.2. The molecule has 2 unspecified atom stereocenters. The lowest BCUT2D eigenvalue weighted by molar-refractivity contribution is 0.0856. The van der Waals surface area contributed by atoms with Gasteiger partial charge >= 0.3 is 17.1 Å². The third-order valence-electron chi connectivity index (χ3n) is 11.6. The minimum absolute atomic E-state index is 0.103. The van der Waals surface area contributed by atoms with Gasteiger partial charge in [-0.1, -0.05) is 168 Å². The van der Waals surface area contributed by atoms with E-state index < -0.39 is 17.1 Å². The fourth-order valence-electron chi connectivity index (χ4n) is 8.18. The number of benzene rings is 4. The topological polar surface area (TPSA) is 77.5 Å². The fraction of sp³-hybridized carbons (Fsp3) is 0.228. The molecular formula is C57H60N2O6P2. The maximum absolute atomic E-state index is 14.9. The first-order valence-electron chi connectivity index (χ1n) is 23.0. The Morgan fingerprint density at radius 2 is 1.52 bits per heavy atom. The minimum atomic E-state index is -2.16. The molecule has 8 nitrogen and oxygen atoms in total. The van der Waals surface area contributed by atoms with Crippen molar-refractivity contribution in [1.29, 1.82) is 0 Å². The van der Waals surface area contributed by atoms with Crippen LogP contribution in [0.4, 0.5) is 5.69 Å². The average Bonchev–Trinajstić information content (AvgIpc) is 3.54. The summed E-state index contributed by atoms with van der Waals surface area (Å²) in [4.78, 5) is 29.6. The normalized spacial score (nSPS) is 18.0. The van der Waals surface area contributed by atoms with Gasteiger partial charge in [-0.3, -0.25) is 9.59 Å². The number of carbonyl (C=O) groups excluding carboxylic acids is 2. The Kier molecular flexibility index (Phi) is 16.2. The summed E-state index contributed by atoms with van der Waals surface area (Å²) in [6.45, 7) is 21.1. The molecule has 2 heterocycles. The van der Waals surface area contributed by atoms with Gasteiger partial charge in [-0.25, -0.2) is 9.34 Å². The molecule has 0 radical (unpaired) electrons. The quantitative estimate of drug-likeness (QED) is 0.0482. The number of hydrogen-bond acceptors (Lipinski definition) is 6. The molecule has 0 saturated heterocycles. The lowest BCUT2D eigenvalue weighted by Crippen LogP contribution is -2.34. The molecule has 2 aliphatic heterocycles. The first-order valence-corrected chi connectivity index (χ1v) is 25.2. The van der Waals surface area contributed by atoms with Crippen LogP contribution in [0.5, 0.6) is 17.2 Å². The summed E-state index contributed by atoms with van der Waals surface area (Å²) in [5.41, 5.74) is 8.72.